The second-order valence-corrected chi connectivity index (χ2v) is 4.62. The molecule has 2 amide bonds. The van der Waals surface area contributed by atoms with Crippen molar-refractivity contribution in [2.75, 3.05) is 10.6 Å². The van der Waals surface area contributed by atoms with E-state index in [9.17, 15) is 9.59 Å². The highest BCUT2D eigenvalue weighted by atomic mass is 16.2. The molecule has 0 atom stereocenters. The van der Waals surface area contributed by atoms with Crippen molar-refractivity contribution in [2.24, 2.45) is 0 Å². The van der Waals surface area contributed by atoms with Crippen LogP contribution in [-0.2, 0) is 11.2 Å². The summed E-state index contributed by atoms with van der Waals surface area (Å²) in [6.07, 6.45) is 4.36. The van der Waals surface area contributed by atoms with Crippen LogP contribution in [0.25, 0.3) is 0 Å². The topological polar surface area (TPSA) is 71.1 Å². The van der Waals surface area contributed by atoms with Gasteiger partial charge in [-0.2, -0.15) is 0 Å². The SMILES string of the molecule is O=C1CCc2cc(C(=O)Nc3cccnc3)ccc2N1. The molecule has 0 saturated carbocycles. The van der Waals surface area contributed by atoms with Gasteiger partial charge in [0.2, 0.25) is 5.91 Å². The highest BCUT2D eigenvalue weighted by Crippen LogP contribution is 2.23. The van der Waals surface area contributed by atoms with Gasteiger partial charge in [-0.15, -0.1) is 0 Å². The van der Waals surface area contributed by atoms with Gasteiger partial charge in [0.1, 0.15) is 0 Å². The number of hydrogen-bond acceptors (Lipinski definition) is 3. The Kier molecular flexibility index (Phi) is 3.16. The molecule has 0 bridgehead atoms. The number of pyridine rings is 1. The van der Waals surface area contributed by atoms with E-state index in [4.69, 9.17) is 0 Å². The molecule has 0 spiro atoms. The van der Waals surface area contributed by atoms with Gasteiger partial charge < -0.3 is 10.6 Å². The van der Waals surface area contributed by atoms with E-state index in [1.165, 1.54) is 0 Å². The van der Waals surface area contributed by atoms with E-state index < -0.39 is 0 Å². The van der Waals surface area contributed by atoms with Crippen molar-refractivity contribution in [1.29, 1.82) is 0 Å². The lowest BCUT2D eigenvalue weighted by Gasteiger charge is -2.17. The highest BCUT2D eigenvalue weighted by molar-refractivity contribution is 6.05. The lowest BCUT2D eigenvalue weighted by atomic mass is 10.00. The number of benzene rings is 1. The predicted molar refractivity (Wildman–Crippen MR) is 75.6 cm³/mol. The second kappa shape index (κ2) is 5.13. The van der Waals surface area contributed by atoms with Crippen LogP contribution in [-0.4, -0.2) is 16.8 Å². The fourth-order valence-corrected chi connectivity index (χ4v) is 2.16. The predicted octanol–water partition coefficient (Wildman–Crippen LogP) is 2.22. The molecule has 0 fully saturated rings. The molecule has 100 valence electrons. The Balaban J connectivity index is 1.81. The van der Waals surface area contributed by atoms with E-state index in [-0.39, 0.29) is 11.8 Å². The van der Waals surface area contributed by atoms with Gasteiger partial charge in [-0.05, 0) is 42.3 Å². The van der Waals surface area contributed by atoms with E-state index in [0.29, 0.717) is 24.1 Å². The molecule has 0 radical (unpaired) electrons. The van der Waals surface area contributed by atoms with Crippen LogP contribution in [0.1, 0.15) is 22.3 Å². The van der Waals surface area contributed by atoms with E-state index >= 15 is 0 Å². The zero-order valence-electron chi connectivity index (χ0n) is 10.7. The number of carbonyl (C=O) groups excluding carboxylic acids is 2. The zero-order chi connectivity index (χ0) is 13.9. The van der Waals surface area contributed by atoms with Crippen LogP contribution in [0, 0.1) is 0 Å². The number of carbonyl (C=O) groups is 2. The summed E-state index contributed by atoms with van der Waals surface area (Å²) in [6, 6.07) is 8.84. The third-order valence-electron chi connectivity index (χ3n) is 3.18. The lowest BCUT2D eigenvalue weighted by molar-refractivity contribution is -0.116. The van der Waals surface area contributed by atoms with E-state index in [1.54, 1.807) is 36.7 Å². The van der Waals surface area contributed by atoms with Crippen molar-refractivity contribution >= 4 is 23.2 Å². The van der Waals surface area contributed by atoms with Crippen molar-refractivity contribution in [3.05, 3.63) is 53.9 Å². The molecule has 0 unspecified atom stereocenters. The summed E-state index contributed by atoms with van der Waals surface area (Å²) < 4.78 is 0. The summed E-state index contributed by atoms with van der Waals surface area (Å²) in [6.45, 7) is 0. The largest absolute Gasteiger partial charge is 0.326 e. The summed E-state index contributed by atoms with van der Waals surface area (Å²) in [5, 5.41) is 5.58. The van der Waals surface area contributed by atoms with Gasteiger partial charge in [-0.3, -0.25) is 14.6 Å². The molecule has 5 heteroatoms. The van der Waals surface area contributed by atoms with Crippen molar-refractivity contribution in [3.8, 4) is 0 Å². The van der Waals surface area contributed by atoms with Crippen molar-refractivity contribution in [1.82, 2.24) is 4.98 Å². The maximum absolute atomic E-state index is 12.1. The minimum atomic E-state index is -0.183. The fourth-order valence-electron chi connectivity index (χ4n) is 2.16. The Labute approximate surface area is 116 Å². The average Bonchev–Trinajstić information content (AvgIpc) is 2.47. The first-order valence-electron chi connectivity index (χ1n) is 6.36. The molecule has 3 rings (SSSR count). The fraction of sp³-hybridized carbons (Fsp3) is 0.133. The first kappa shape index (κ1) is 12.3. The van der Waals surface area contributed by atoms with Gasteiger partial charge >= 0.3 is 0 Å². The Morgan fingerprint density at radius 3 is 2.95 bits per heavy atom. The normalized spacial score (nSPS) is 13.3. The summed E-state index contributed by atoms with van der Waals surface area (Å²) in [4.78, 5) is 27.4. The molecule has 1 aliphatic rings. The molecule has 1 aromatic heterocycles. The van der Waals surface area contributed by atoms with Crippen LogP contribution in [0.3, 0.4) is 0 Å². The Morgan fingerprint density at radius 1 is 1.25 bits per heavy atom. The van der Waals surface area contributed by atoms with Crippen molar-refractivity contribution < 1.29 is 9.59 Å². The molecule has 2 aromatic rings. The Morgan fingerprint density at radius 2 is 2.15 bits per heavy atom. The first-order valence-corrected chi connectivity index (χ1v) is 6.36. The van der Waals surface area contributed by atoms with Crippen molar-refractivity contribution in [2.45, 2.75) is 12.8 Å². The molecular weight excluding hydrogens is 254 g/mol. The summed E-state index contributed by atoms with van der Waals surface area (Å²) in [5.41, 5.74) is 3.01. The number of anilines is 2. The van der Waals surface area contributed by atoms with Crippen LogP contribution in [0.2, 0.25) is 0 Å². The number of rotatable bonds is 2. The number of aryl methyl sites for hydroxylation is 1. The number of amides is 2. The number of hydrogen-bond donors (Lipinski definition) is 2. The standard InChI is InChI=1S/C15H13N3O2/c19-14-6-4-10-8-11(3-5-13(10)18-14)15(20)17-12-2-1-7-16-9-12/h1-3,5,7-9H,4,6H2,(H,17,20)(H,18,19). The molecule has 1 aromatic carbocycles. The number of nitrogens with zero attached hydrogens (tertiary/aromatic N) is 1. The average molecular weight is 267 g/mol. The molecule has 2 N–H and O–H groups in total. The third kappa shape index (κ3) is 2.51. The third-order valence-corrected chi connectivity index (χ3v) is 3.18. The van der Waals surface area contributed by atoms with Gasteiger partial charge in [0, 0.05) is 23.9 Å². The van der Waals surface area contributed by atoms with Gasteiger partial charge in [-0.1, -0.05) is 0 Å². The second-order valence-electron chi connectivity index (χ2n) is 4.62. The van der Waals surface area contributed by atoms with E-state index in [0.717, 1.165) is 11.3 Å². The zero-order valence-corrected chi connectivity index (χ0v) is 10.7. The maximum Gasteiger partial charge on any atom is 0.255 e. The van der Waals surface area contributed by atoms with Crippen LogP contribution in [0.4, 0.5) is 11.4 Å². The van der Waals surface area contributed by atoms with Crippen LogP contribution in [0.15, 0.2) is 42.7 Å². The van der Waals surface area contributed by atoms with Gasteiger partial charge in [0.25, 0.3) is 5.91 Å². The molecule has 2 heterocycles. The molecule has 5 nitrogen and oxygen atoms in total. The van der Waals surface area contributed by atoms with Crippen LogP contribution >= 0.6 is 0 Å². The minimum Gasteiger partial charge on any atom is -0.326 e. The summed E-state index contributed by atoms with van der Waals surface area (Å²) in [7, 11) is 0. The monoisotopic (exact) mass is 267 g/mol. The van der Waals surface area contributed by atoms with E-state index in [2.05, 4.69) is 15.6 Å². The Hall–Kier alpha value is -2.69. The quantitative estimate of drug-likeness (QED) is 0.876. The molecule has 0 aliphatic carbocycles. The summed E-state index contributed by atoms with van der Waals surface area (Å²) in [5.74, 6) is -0.164. The number of fused-ring (bicyclic) bond motifs is 1. The van der Waals surface area contributed by atoms with Gasteiger partial charge in [-0.25, -0.2) is 0 Å². The molecule has 20 heavy (non-hydrogen) atoms. The minimum absolute atomic E-state index is 0.0186. The van der Waals surface area contributed by atoms with Gasteiger partial charge in [0.05, 0.1) is 11.9 Å². The van der Waals surface area contributed by atoms with Crippen LogP contribution in [0.5, 0.6) is 0 Å². The summed E-state index contributed by atoms with van der Waals surface area (Å²) >= 11 is 0. The van der Waals surface area contributed by atoms with Crippen molar-refractivity contribution in [3.63, 3.8) is 0 Å². The highest BCUT2D eigenvalue weighted by Gasteiger charge is 2.16. The first-order chi connectivity index (χ1) is 9.72. The molecular formula is C15H13N3O2. The number of nitrogens with one attached hydrogen (secondary N) is 2. The lowest BCUT2D eigenvalue weighted by Crippen LogP contribution is -2.20. The Bertz CT molecular complexity index is 668. The van der Waals surface area contributed by atoms with Gasteiger partial charge in [0.15, 0.2) is 0 Å². The van der Waals surface area contributed by atoms with Crippen LogP contribution < -0.4 is 10.6 Å². The van der Waals surface area contributed by atoms with E-state index in [1.807, 2.05) is 6.07 Å². The number of aromatic nitrogens is 1. The smallest absolute Gasteiger partial charge is 0.255 e. The molecule has 0 saturated heterocycles. The molecule has 1 aliphatic heterocycles. The maximum atomic E-state index is 12.1.